The minimum absolute atomic E-state index is 0.0138. The summed E-state index contributed by atoms with van der Waals surface area (Å²) in [4.78, 5) is 17.7. The number of amides is 1. The highest BCUT2D eigenvalue weighted by atomic mass is 32.2. The maximum Gasteiger partial charge on any atom is 0.274 e. The van der Waals surface area contributed by atoms with Gasteiger partial charge in [0.25, 0.3) is 5.91 Å². The van der Waals surface area contributed by atoms with Gasteiger partial charge in [0, 0.05) is 7.05 Å². The lowest BCUT2D eigenvalue weighted by molar-refractivity contribution is -0.181. The molecule has 7 nitrogen and oxygen atoms in total. The number of methoxy groups -OCH3 is 1. The molecule has 1 amide bonds. The molecule has 0 aliphatic rings. The fourth-order valence-electron chi connectivity index (χ4n) is 2.50. The van der Waals surface area contributed by atoms with E-state index >= 15 is 0 Å². The van der Waals surface area contributed by atoms with Crippen molar-refractivity contribution in [3.8, 4) is 5.75 Å². The van der Waals surface area contributed by atoms with Crippen LogP contribution in [0.4, 0.5) is 0 Å². The summed E-state index contributed by atoms with van der Waals surface area (Å²) in [5.41, 5.74) is 0.838. The average Bonchev–Trinajstić information content (AvgIpc) is 2.73. The molecule has 0 saturated carbocycles. The molecule has 0 spiro atoms. The van der Waals surface area contributed by atoms with Gasteiger partial charge >= 0.3 is 0 Å². The highest BCUT2D eigenvalue weighted by Crippen LogP contribution is 2.17. The van der Waals surface area contributed by atoms with Crippen LogP contribution in [0, 0.1) is 0 Å². The molecule has 1 atom stereocenters. The number of hydroxylamine groups is 2. The molecule has 0 radical (unpaired) electrons. The van der Waals surface area contributed by atoms with Crippen LogP contribution in [0.1, 0.15) is 12.0 Å². The molecule has 0 aliphatic heterocycles. The second-order valence-corrected chi connectivity index (χ2v) is 8.20. The van der Waals surface area contributed by atoms with E-state index in [0.717, 1.165) is 10.6 Å². The number of nitrogens with zero attached hydrogens (tertiary/aromatic N) is 1. The second-order valence-electron chi connectivity index (χ2n) is 6.09. The number of benzene rings is 2. The fraction of sp³-hybridized carbons (Fsp3) is 0.350. The van der Waals surface area contributed by atoms with Gasteiger partial charge in [0.15, 0.2) is 9.84 Å². The molecule has 0 bridgehead atoms. The number of carbonyl (C=O) groups is 1. The van der Waals surface area contributed by atoms with Gasteiger partial charge in [0.2, 0.25) is 0 Å². The number of hydrogen-bond donors (Lipinski definition) is 0. The minimum Gasteiger partial charge on any atom is -0.497 e. The van der Waals surface area contributed by atoms with Gasteiger partial charge < -0.3 is 9.47 Å². The molecule has 0 saturated heterocycles. The minimum atomic E-state index is -3.52. The summed E-state index contributed by atoms with van der Waals surface area (Å²) in [6.07, 6.45) is -0.939. The summed E-state index contributed by atoms with van der Waals surface area (Å²) >= 11 is 0. The topological polar surface area (TPSA) is 82.1 Å². The zero-order valence-corrected chi connectivity index (χ0v) is 17.0. The number of carbonyl (C=O) groups excluding carboxylic acids is 1. The summed E-state index contributed by atoms with van der Waals surface area (Å²) in [6.45, 7) is 0.156. The molecule has 2 aromatic rings. The van der Waals surface area contributed by atoms with E-state index in [0.29, 0.717) is 5.75 Å². The summed E-state index contributed by atoms with van der Waals surface area (Å²) in [5.74, 6) is 0.0526. The third-order valence-corrected chi connectivity index (χ3v) is 5.98. The lowest BCUT2D eigenvalue weighted by Gasteiger charge is -2.22. The van der Waals surface area contributed by atoms with Crippen LogP contribution in [0.3, 0.4) is 0 Å². The van der Waals surface area contributed by atoms with Gasteiger partial charge in [-0.3, -0.25) is 9.63 Å². The largest absolute Gasteiger partial charge is 0.497 e. The van der Waals surface area contributed by atoms with Crippen molar-refractivity contribution >= 4 is 15.7 Å². The lowest BCUT2D eigenvalue weighted by atomic mass is 10.2. The lowest BCUT2D eigenvalue weighted by Crippen LogP contribution is -2.38. The quantitative estimate of drug-likeness (QED) is 0.563. The molecule has 0 heterocycles. The first kappa shape index (κ1) is 21.9. The van der Waals surface area contributed by atoms with E-state index in [9.17, 15) is 13.2 Å². The number of hydrogen-bond acceptors (Lipinski definition) is 6. The Hall–Kier alpha value is -2.42. The Morgan fingerprint density at radius 2 is 1.68 bits per heavy atom. The van der Waals surface area contributed by atoms with Crippen molar-refractivity contribution in [1.82, 2.24) is 5.06 Å². The zero-order chi connectivity index (χ0) is 20.6. The standard InChI is InChI=1S/C20H25NO6S/c1-21(26-3)20(22)19(27-15-16-9-11-17(25-2)12-10-16)13-14-28(23,24)18-7-5-4-6-8-18/h4-12,19H,13-15H2,1-3H3/t19-/m0/s1. The molecule has 8 heteroatoms. The van der Waals surface area contributed by atoms with Gasteiger partial charge in [0.05, 0.1) is 31.5 Å². The number of likely N-dealkylation sites (N-methyl/N-ethyl adjacent to an activating group) is 1. The summed E-state index contributed by atoms with van der Waals surface area (Å²) in [5, 5.41) is 1.04. The van der Waals surface area contributed by atoms with Crippen molar-refractivity contribution in [1.29, 1.82) is 0 Å². The van der Waals surface area contributed by atoms with E-state index in [1.165, 1.54) is 26.3 Å². The van der Waals surface area contributed by atoms with Gasteiger partial charge in [-0.05, 0) is 36.2 Å². The first-order valence-electron chi connectivity index (χ1n) is 8.71. The van der Waals surface area contributed by atoms with Gasteiger partial charge in [-0.2, -0.15) is 0 Å². The summed E-state index contributed by atoms with van der Waals surface area (Å²) in [7, 11) is 0.872. The average molecular weight is 407 g/mol. The van der Waals surface area contributed by atoms with E-state index in [1.807, 2.05) is 12.1 Å². The predicted octanol–water partition coefficient (Wildman–Crippen LogP) is 2.46. The third-order valence-electron chi connectivity index (χ3n) is 4.22. The van der Waals surface area contributed by atoms with Crippen LogP contribution in [0.25, 0.3) is 0 Å². The predicted molar refractivity (Wildman–Crippen MR) is 104 cm³/mol. The number of rotatable bonds is 10. The third kappa shape index (κ3) is 6.05. The van der Waals surface area contributed by atoms with Crippen LogP contribution < -0.4 is 4.74 Å². The molecule has 0 unspecified atom stereocenters. The monoisotopic (exact) mass is 407 g/mol. The van der Waals surface area contributed by atoms with E-state index in [2.05, 4.69) is 0 Å². The van der Waals surface area contributed by atoms with Crippen LogP contribution in [0.15, 0.2) is 59.5 Å². The maximum atomic E-state index is 12.5. The maximum absolute atomic E-state index is 12.5. The Labute approximate surface area is 165 Å². The van der Waals surface area contributed by atoms with Crippen molar-refractivity contribution in [2.75, 3.05) is 27.0 Å². The molecule has 2 rings (SSSR count). The van der Waals surface area contributed by atoms with Gasteiger partial charge in [0.1, 0.15) is 11.9 Å². The first-order valence-corrected chi connectivity index (χ1v) is 10.4. The van der Waals surface area contributed by atoms with Crippen molar-refractivity contribution < 1.29 is 27.5 Å². The Kier molecular flexibility index (Phi) is 7.98. The van der Waals surface area contributed by atoms with Crippen molar-refractivity contribution in [3.05, 3.63) is 60.2 Å². The van der Waals surface area contributed by atoms with Crippen molar-refractivity contribution in [2.45, 2.75) is 24.0 Å². The molecule has 152 valence electrons. The van der Waals surface area contributed by atoms with E-state index in [-0.39, 0.29) is 23.7 Å². The van der Waals surface area contributed by atoms with Crippen LogP contribution >= 0.6 is 0 Å². The molecule has 0 fully saturated rings. The van der Waals surface area contributed by atoms with Crippen LogP contribution in [0.5, 0.6) is 5.75 Å². The highest BCUT2D eigenvalue weighted by Gasteiger charge is 2.26. The van der Waals surface area contributed by atoms with E-state index in [4.69, 9.17) is 14.3 Å². The molecule has 0 aliphatic carbocycles. The van der Waals surface area contributed by atoms with Crippen molar-refractivity contribution in [2.24, 2.45) is 0 Å². The van der Waals surface area contributed by atoms with Gasteiger partial charge in [-0.25, -0.2) is 13.5 Å². The molecule has 0 aromatic heterocycles. The van der Waals surface area contributed by atoms with Crippen LogP contribution in [-0.2, 0) is 30.8 Å². The smallest absolute Gasteiger partial charge is 0.274 e. The van der Waals surface area contributed by atoms with Crippen molar-refractivity contribution in [3.63, 3.8) is 0 Å². The fourth-order valence-corrected chi connectivity index (χ4v) is 3.83. The SMILES string of the molecule is COc1ccc(CO[C@@H](CCS(=O)(=O)c2ccccc2)C(=O)N(C)OC)cc1. The zero-order valence-electron chi connectivity index (χ0n) is 16.2. The Morgan fingerprint density at radius 1 is 1.04 bits per heavy atom. The highest BCUT2D eigenvalue weighted by molar-refractivity contribution is 7.91. The van der Waals surface area contributed by atoms with E-state index in [1.54, 1.807) is 37.4 Å². The second kappa shape index (κ2) is 10.2. The summed E-state index contributed by atoms with van der Waals surface area (Å²) in [6, 6.07) is 15.4. The van der Waals surface area contributed by atoms with Gasteiger partial charge in [-0.15, -0.1) is 0 Å². The summed E-state index contributed by atoms with van der Waals surface area (Å²) < 4.78 is 35.9. The molecular weight excluding hydrogens is 382 g/mol. The molecule has 28 heavy (non-hydrogen) atoms. The molecule has 0 N–H and O–H groups in total. The van der Waals surface area contributed by atoms with Gasteiger partial charge in [-0.1, -0.05) is 30.3 Å². The molecule has 2 aromatic carbocycles. The van der Waals surface area contributed by atoms with E-state index < -0.39 is 21.8 Å². The van der Waals surface area contributed by atoms with Crippen LogP contribution in [0.2, 0.25) is 0 Å². The number of ether oxygens (including phenoxy) is 2. The Balaban J connectivity index is 2.07. The Morgan fingerprint density at radius 3 is 2.25 bits per heavy atom. The van der Waals surface area contributed by atoms with Crippen LogP contribution in [-0.4, -0.2) is 52.5 Å². The normalized spacial score (nSPS) is 12.4. The molecular formula is C20H25NO6S. The first-order chi connectivity index (χ1) is 13.4. The Bertz CT molecular complexity index is 852. The number of sulfone groups is 1.